The summed E-state index contributed by atoms with van der Waals surface area (Å²) in [7, 11) is -2.85. The van der Waals surface area contributed by atoms with Crippen molar-refractivity contribution in [3.63, 3.8) is 0 Å². The molecule has 1 aliphatic carbocycles. The minimum Gasteiger partial charge on any atom is -0.329 e. The second kappa shape index (κ2) is 8.49. The standard InChI is InChI=1S/C16H34N2O2S/c1-4-15-8-10-16(14-17,11-9-15)18(5-2)12-7-13-21(19,20)6-3/h15H,4-14,17H2,1-3H3. The molecule has 1 saturated carbocycles. The first-order valence-electron chi connectivity index (χ1n) is 8.58. The molecule has 0 heterocycles. The lowest BCUT2D eigenvalue weighted by atomic mass is 9.74. The Bertz CT molecular complexity index is 387. The van der Waals surface area contributed by atoms with Crippen molar-refractivity contribution in [3.05, 3.63) is 0 Å². The fourth-order valence-corrected chi connectivity index (χ4v) is 4.48. The zero-order valence-corrected chi connectivity index (χ0v) is 14.9. The van der Waals surface area contributed by atoms with Crippen molar-refractivity contribution in [2.75, 3.05) is 31.1 Å². The van der Waals surface area contributed by atoms with E-state index in [2.05, 4.69) is 18.7 Å². The molecule has 0 atom stereocenters. The van der Waals surface area contributed by atoms with Crippen LogP contribution in [0.3, 0.4) is 0 Å². The molecule has 126 valence electrons. The molecule has 0 unspecified atom stereocenters. The van der Waals surface area contributed by atoms with Gasteiger partial charge in [-0.1, -0.05) is 27.2 Å². The lowest BCUT2D eigenvalue weighted by molar-refractivity contribution is 0.0460. The summed E-state index contributed by atoms with van der Waals surface area (Å²) in [6.07, 6.45) is 6.84. The highest BCUT2D eigenvalue weighted by atomic mass is 32.2. The summed E-state index contributed by atoms with van der Waals surface area (Å²) < 4.78 is 23.3. The molecule has 21 heavy (non-hydrogen) atoms. The monoisotopic (exact) mass is 318 g/mol. The minimum absolute atomic E-state index is 0.108. The topological polar surface area (TPSA) is 63.4 Å². The van der Waals surface area contributed by atoms with Gasteiger partial charge in [0.1, 0.15) is 9.84 Å². The van der Waals surface area contributed by atoms with E-state index in [1.54, 1.807) is 6.92 Å². The quantitative estimate of drug-likeness (QED) is 0.709. The first kappa shape index (κ1) is 18.9. The Morgan fingerprint density at radius 1 is 1.19 bits per heavy atom. The van der Waals surface area contributed by atoms with Crippen LogP contribution in [0.4, 0.5) is 0 Å². The van der Waals surface area contributed by atoms with E-state index in [1.165, 1.54) is 19.3 Å². The highest BCUT2D eigenvalue weighted by Gasteiger charge is 2.37. The van der Waals surface area contributed by atoms with Crippen LogP contribution in [0.25, 0.3) is 0 Å². The molecule has 5 heteroatoms. The number of hydrogen-bond acceptors (Lipinski definition) is 4. The van der Waals surface area contributed by atoms with Gasteiger partial charge in [-0.05, 0) is 51.1 Å². The van der Waals surface area contributed by atoms with Crippen LogP contribution in [0, 0.1) is 5.92 Å². The summed E-state index contributed by atoms with van der Waals surface area (Å²) in [5.74, 6) is 1.40. The third kappa shape index (κ3) is 5.22. The number of rotatable bonds is 9. The highest BCUT2D eigenvalue weighted by Crippen LogP contribution is 2.37. The molecule has 0 aliphatic heterocycles. The molecule has 1 rings (SSSR count). The molecule has 0 aromatic carbocycles. The first-order valence-corrected chi connectivity index (χ1v) is 10.4. The van der Waals surface area contributed by atoms with Gasteiger partial charge < -0.3 is 5.73 Å². The van der Waals surface area contributed by atoms with Crippen molar-refractivity contribution in [1.82, 2.24) is 4.90 Å². The van der Waals surface area contributed by atoms with Crippen molar-refractivity contribution < 1.29 is 8.42 Å². The van der Waals surface area contributed by atoms with Crippen LogP contribution in [0.2, 0.25) is 0 Å². The lowest BCUT2D eigenvalue weighted by Gasteiger charge is -2.47. The van der Waals surface area contributed by atoms with Gasteiger partial charge in [0.2, 0.25) is 0 Å². The number of sulfone groups is 1. The van der Waals surface area contributed by atoms with Gasteiger partial charge in [0.15, 0.2) is 0 Å². The third-order valence-corrected chi connectivity index (χ3v) is 7.16. The van der Waals surface area contributed by atoms with Gasteiger partial charge in [-0.25, -0.2) is 8.42 Å². The highest BCUT2D eigenvalue weighted by molar-refractivity contribution is 7.91. The zero-order valence-electron chi connectivity index (χ0n) is 14.1. The molecular weight excluding hydrogens is 284 g/mol. The first-order chi connectivity index (χ1) is 9.93. The van der Waals surface area contributed by atoms with Crippen LogP contribution in [0.1, 0.15) is 59.3 Å². The second-order valence-electron chi connectivity index (χ2n) is 6.45. The molecule has 4 nitrogen and oxygen atoms in total. The number of hydrogen-bond donors (Lipinski definition) is 1. The van der Waals surface area contributed by atoms with Crippen LogP contribution in [0.15, 0.2) is 0 Å². The second-order valence-corrected chi connectivity index (χ2v) is 8.92. The van der Waals surface area contributed by atoms with E-state index >= 15 is 0 Å². The van der Waals surface area contributed by atoms with E-state index in [9.17, 15) is 8.42 Å². The van der Waals surface area contributed by atoms with Crippen molar-refractivity contribution >= 4 is 9.84 Å². The Kier molecular flexibility index (Phi) is 7.65. The van der Waals surface area contributed by atoms with E-state index in [-0.39, 0.29) is 11.3 Å². The molecule has 1 aliphatic rings. The van der Waals surface area contributed by atoms with Crippen LogP contribution >= 0.6 is 0 Å². The smallest absolute Gasteiger partial charge is 0.150 e. The van der Waals surface area contributed by atoms with Crippen LogP contribution in [-0.2, 0) is 9.84 Å². The van der Waals surface area contributed by atoms with E-state index in [0.29, 0.717) is 12.3 Å². The SMILES string of the molecule is CCC1CCC(CN)(N(CC)CCCS(=O)(=O)CC)CC1. The van der Waals surface area contributed by atoms with Crippen molar-refractivity contribution in [3.8, 4) is 0 Å². The number of nitrogens with two attached hydrogens (primary N) is 1. The average Bonchev–Trinajstić information content (AvgIpc) is 2.51. The van der Waals surface area contributed by atoms with Crippen LogP contribution in [-0.4, -0.2) is 50.0 Å². The molecule has 0 radical (unpaired) electrons. The van der Waals surface area contributed by atoms with E-state index < -0.39 is 9.84 Å². The maximum absolute atomic E-state index is 11.6. The van der Waals surface area contributed by atoms with E-state index in [0.717, 1.165) is 38.3 Å². The maximum Gasteiger partial charge on any atom is 0.150 e. The van der Waals surface area contributed by atoms with Gasteiger partial charge in [0.25, 0.3) is 0 Å². The Morgan fingerprint density at radius 2 is 1.81 bits per heavy atom. The molecular formula is C16H34N2O2S. The van der Waals surface area contributed by atoms with Gasteiger partial charge in [0, 0.05) is 17.8 Å². The largest absolute Gasteiger partial charge is 0.329 e. The van der Waals surface area contributed by atoms with E-state index in [1.807, 2.05) is 0 Å². The fraction of sp³-hybridized carbons (Fsp3) is 1.00. The molecule has 0 amide bonds. The average molecular weight is 319 g/mol. The van der Waals surface area contributed by atoms with Gasteiger partial charge >= 0.3 is 0 Å². The summed E-state index contributed by atoms with van der Waals surface area (Å²) in [5, 5.41) is 0. The van der Waals surface area contributed by atoms with Gasteiger partial charge in [-0.15, -0.1) is 0 Å². The van der Waals surface area contributed by atoms with Crippen LogP contribution in [0.5, 0.6) is 0 Å². The number of likely N-dealkylation sites (N-methyl/N-ethyl adjacent to an activating group) is 1. The molecule has 0 saturated heterocycles. The lowest BCUT2D eigenvalue weighted by Crippen LogP contribution is -2.56. The Hall–Kier alpha value is -0.130. The molecule has 2 N–H and O–H groups in total. The van der Waals surface area contributed by atoms with E-state index in [4.69, 9.17) is 5.73 Å². The maximum atomic E-state index is 11.6. The minimum atomic E-state index is -2.85. The predicted octanol–water partition coefficient (Wildman–Crippen LogP) is 2.43. The molecule has 1 fully saturated rings. The molecule has 0 bridgehead atoms. The number of nitrogens with zero attached hydrogens (tertiary/aromatic N) is 1. The van der Waals surface area contributed by atoms with Gasteiger partial charge in [-0.2, -0.15) is 0 Å². The molecule has 0 aromatic heterocycles. The third-order valence-electron chi connectivity index (χ3n) is 5.37. The van der Waals surface area contributed by atoms with Crippen molar-refractivity contribution in [2.45, 2.75) is 64.8 Å². The zero-order chi connectivity index (χ0) is 15.9. The van der Waals surface area contributed by atoms with Gasteiger partial charge in [-0.3, -0.25) is 4.90 Å². The summed E-state index contributed by atoms with van der Waals surface area (Å²) in [6, 6.07) is 0. The molecule has 0 spiro atoms. The van der Waals surface area contributed by atoms with Crippen molar-refractivity contribution in [1.29, 1.82) is 0 Å². The summed E-state index contributed by atoms with van der Waals surface area (Å²) in [6.45, 7) is 8.66. The fourth-order valence-electron chi connectivity index (χ4n) is 3.62. The predicted molar refractivity (Wildman–Crippen MR) is 90.2 cm³/mol. The molecule has 0 aromatic rings. The Morgan fingerprint density at radius 3 is 2.24 bits per heavy atom. The van der Waals surface area contributed by atoms with Crippen LogP contribution < -0.4 is 5.73 Å². The normalized spacial score (nSPS) is 27.2. The summed E-state index contributed by atoms with van der Waals surface area (Å²) in [5.41, 5.74) is 6.23. The van der Waals surface area contributed by atoms with Crippen molar-refractivity contribution in [2.24, 2.45) is 11.7 Å². The summed E-state index contributed by atoms with van der Waals surface area (Å²) >= 11 is 0. The Balaban J connectivity index is 2.60. The Labute approximate surface area is 131 Å². The summed E-state index contributed by atoms with van der Waals surface area (Å²) in [4.78, 5) is 2.45. The van der Waals surface area contributed by atoms with Gasteiger partial charge in [0.05, 0.1) is 5.75 Å².